The van der Waals surface area contributed by atoms with Crippen molar-refractivity contribution >= 4 is 11.7 Å². The van der Waals surface area contributed by atoms with E-state index in [1.54, 1.807) is 6.92 Å². The molecular weight excluding hydrogens is 272 g/mol. The fourth-order valence-electron chi connectivity index (χ4n) is 1.61. The minimum atomic E-state index is -2.96. The Kier molecular flexibility index (Phi) is 6.02. The highest BCUT2D eigenvalue weighted by molar-refractivity contribution is 5.80. The molecule has 0 bridgehead atoms. The summed E-state index contributed by atoms with van der Waals surface area (Å²) in [6.07, 6.45) is 0.429. The molecule has 5 nitrogen and oxygen atoms in total. The molecular formula is C13H17F2NO4. The summed E-state index contributed by atoms with van der Waals surface area (Å²) in [6, 6.07) is 3.65. The first-order valence-corrected chi connectivity index (χ1v) is 5.99. The number of halogens is 2. The van der Waals surface area contributed by atoms with Crippen LogP contribution < -0.4 is 14.8 Å². The number of carbonyl (C=O) groups excluding carboxylic acids is 1. The van der Waals surface area contributed by atoms with Crippen LogP contribution in [-0.2, 0) is 9.53 Å². The predicted molar refractivity (Wildman–Crippen MR) is 69.3 cm³/mol. The van der Waals surface area contributed by atoms with Crippen LogP contribution in [0.2, 0.25) is 0 Å². The van der Waals surface area contributed by atoms with Gasteiger partial charge in [-0.3, -0.25) is 0 Å². The minimum absolute atomic E-state index is 0.0665. The number of esters is 1. The molecule has 1 N–H and O–H groups in total. The zero-order valence-electron chi connectivity index (χ0n) is 11.5. The number of nitrogens with one attached hydrogen (secondary N) is 1. The standard InChI is InChI=1S/C13H17F2NO4/c1-4-9(12(17)19-3)16-10-7-8(18-2)5-6-11(10)20-13(14)15/h5-7,9,13,16H,4H2,1-3H3. The summed E-state index contributed by atoms with van der Waals surface area (Å²) in [4.78, 5) is 11.5. The molecule has 0 heterocycles. The number of alkyl halides is 2. The smallest absolute Gasteiger partial charge is 0.387 e. The molecule has 1 unspecified atom stereocenters. The van der Waals surface area contributed by atoms with Gasteiger partial charge in [-0.15, -0.1) is 0 Å². The van der Waals surface area contributed by atoms with Crippen LogP contribution in [0.3, 0.4) is 0 Å². The molecule has 0 saturated carbocycles. The van der Waals surface area contributed by atoms with Crippen molar-refractivity contribution in [1.82, 2.24) is 0 Å². The Labute approximate surface area is 115 Å². The van der Waals surface area contributed by atoms with Crippen molar-refractivity contribution < 1.29 is 27.8 Å². The Hall–Kier alpha value is -2.05. The molecule has 1 rings (SSSR count). The quantitative estimate of drug-likeness (QED) is 0.782. The molecule has 0 aromatic heterocycles. The van der Waals surface area contributed by atoms with Crippen LogP contribution in [-0.4, -0.2) is 32.8 Å². The summed E-state index contributed by atoms with van der Waals surface area (Å²) >= 11 is 0. The van der Waals surface area contributed by atoms with Crippen molar-refractivity contribution in [2.45, 2.75) is 26.0 Å². The van der Waals surface area contributed by atoms with E-state index in [0.29, 0.717) is 12.2 Å². The monoisotopic (exact) mass is 289 g/mol. The Balaban J connectivity index is 3.02. The minimum Gasteiger partial charge on any atom is -0.497 e. The van der Waals surface area contributed by atoms with Crippen LogP contribution in [0.5, 0.6) is 11.5 Å². The van der Waals surface area contributed by atoms with E-state index >= 15 is 0 Å². The maximum Gasteiger partial charge on any atom is 0.387 e. The summed E-state index contributed by atoms with van der Waals surface area (Å²) in [6.45, 7) is -1.19. The van der Waals surface area contributed by atoms with E-state index in [9.17, 15) is 13.6 Å². The molecule has 1 aromatic rings. The Morgan fingerprint density at radius 2 is 2.05 bits per heavy atom. The Bertz CT molecular complexity index is 454. The van der Waals surface area contributed by atoms with Crippen molar-refractivity contribution in [3.8, 4) is 11.5 Å². The third-order valence-electron chi connectivity index (χ3n) is 2.63. The molecule has 0 aliphatic heterocycles. The molecule has 112 valence electrons. The van der Waals surface area contributed by atoms with Gasteiger partial charge in [-0.05, 0) is 18.6 Å². The highest BCUT2D eigenvalue weighted by Crippen LogP contribution is 2.31. The molecule has 20 heavy (non-hydrogen) atoms. The molecule has 1 aromatic carbocycles. The molecule has 0 aliphatic carbocycles. The lowest BCUT2D eigenvalue weighted by Gasteiger charge is -2.19. The molecule has 0 fully saturated rings. The highest BCUT2D eigenvalue weighted by atomic mass is 19.3. The lowest BCUT2D eigenvalue weighted by molar-refractivity contribution is -0.141. The van der Waals surface area contributed by atoms with Gasteiger partial charge in [0.1, 0.15) is 17.5 Å². The van der Waals surface area contributed by atoms with Crippen molar-refractivity contribution in [2.24, 2.45) is 0 Å². The second-order valence-electron chi connectivity index (χ2n) is 3.87. The van der Waals surface area contributed by atoms with Gasteiger partial charge in [0.15, 0.2) is 0 Å². The number of methoxy groups -OCH3 is 2. The lowest BCUT2D eigenvalue weighted by atomic mass is 10.2. The maximum atomic E-state index is 12.4. The first-order valence-electron chi connectivity index (χ1n) is 5.99. The summed E-state index contributed by atoms with van der Waals surface area (Å²) in [5.74, 6) is -0.102. The van der Waals surface area contributed by atoms with E-state index in [1.165, 1.54) is 32.4 Å². The van der Waals surface area contributed by atoms with Gasteiger partial charge in [-0.25, -0.2) is 4.79 Å². The van der Waals surface area contributed by atoms with Gasteiger partial charge in [0.25, 0.3) is 0 Å². The first-order chi connectivity index (χ1) is 9.51. The Morgan fingerprint density at radius 3 is 2.55 bits per heavy atom. The van der Waals surface area contributed by atoms with Gasteiger partial charge in [0.2, 0.25) is 0 Å². The summed E-state index contributed by atoms with van der Waals surface area (Å²) < 4.78 is 38.8. The van der Waals surface area contributed by atoms with Crippen LogP contribution in [0.1, 0.15) is 13.3 Å². The maximum absolute atomic E-state index is 12.4. The van der Waals surface area contributed by atoms with Gasteiger partial charge in [-0.2, -0.15) is 8.78 Å². The van der Waals surface area contributed by atoms with Gasteiger partial charge >= 0.3 is 12.6 Å². The molecule has 0 aliphatic rings. The molecule has 1 atom stereocenters. The second-order valence-corrected chi connectivity index (χ2v) is 3.87. The molecule has 0 spiro atoms. The van der Waals surface area contributed by atoms with Crippen LogP contribution in [0.15, 0.2) is 18.2 Å². The third kappa shape index (κ3) is 4.25. The summed E-state index contributed by atoms with van der Waals surface area (Å²) in [5, 5.41) is 2.82. The van der Waals surface area contributed by atoms with Crippen LogP contribution in [0, 0.1) is 0 Å². The van der Waals surface area contributed by atoms with E-state index in [-0.39, 0.29) is 11.4 Å². The van der Waals surface area contributed by atoms with Crippen molar-refractivity contribution in [2.75, 3.05) is 19.5 Å². The lowest BCUT2D eigenvalue weighted by Crippen LogP contribution is -2.30. The summed E-state index contributed by atoms with van der Waals surface area (Å²) in [5.41, 5.74) is 0.238. The predicted octanol–water partition coefficient (Wildman–Crippen LogP) is 2.66. The van der Waals surface area contributed by atoms with Gasteiger partial charge in [0.05, 0.1) is 19.9 Å². The number of rotatable bonds is 7. The number of carbonyl (C=O) groups is 1. The Morgan fingerprint density at radius 1 is 1.35 bits per heavy atom. The third-order valence-corrected chi connectivity index (χ3v) is 2.63. The van der Waals surface area contributed by atoms with Crippen molar-refractivity contribution in [3.05, 3.63) is 18.2 Å². The fraction of sp³-hybridized carbons (Fsp3) is 0.462. The van der Waals surface area contributed by atoms with Gasteiger partial charge in [-0.1, -0.05) is 6.92 Å². The van der Waals surface area contributed by atoms with Gasteiger partial charge < -0.3 is 19.5 Å². The average Bonchev–Trinajstić information content (AvgIpc) is 2.44. The molecule has 7 heteroatoms. The zero-order chi connectivity index (χ0) is 15.1. The SMILES string of the molecule is CCC(Nc1cc(OC)ccc1OC(F)F)C(=O)OC. The van der Waals surface area contributed by atoms with Crippen molar-refractivity contribution in [3.63, 3.8) is 0 Å². The van der Waals surface area contributed by atoms with Crippen LogP contribution in [0.4, 0.5) is 14.5 Å². The van der Waals surface area contributed by atoms with E-state index in [0.717, 1.165) is 0 Å². The van der Waals surface area contributed by atoms with E-state index in [2.05, 4.69) is 14.8 Å². The van der Waals surface area contributed by atoms with E-state index in [4.69, 9.17) is 4.74 Å². The van der Waals surface area contributed by atoms with E-state index < -0.39 is 18.6 Å². The van der Waals surface area contributed by atoms with E-state index in [1.807, 2.05) is 0 Å². The van der Waals surface area contributed by atoms with Crippen LogP contribution >= 0.6 is 0 Å². The summed E-state index contributed by atoms with van der Waals surface area (Å²) in [7, 11) is 2.71. The topological polar surface area (TPSA) is 56.8 Å². The number of ether oxygens (including phenoxy) is 3. The van der Waals surface area contributed by atoms with Gasteiger partial charge in [0, 0.05) is 6.07 Å². The molecule has 0 radical (unpaired) electrons. The van der Waals surface area contributed by atoms with Crippen molar-refractivity contribution in [1.29, 1.82) is 0 Å². The highest BCUT2D eigenvalue weighted by Gasteiger charge is 2.20. The fourth-order valence-corrected chi connectivity index (χ4v) is 1.61. The van der Waals surface area contributed by atoms with Crippen LogP contribution in [0.25, 0.3) is 0 Å². The number of hydrogen-bond donors (Lipinski definition) is 1. The number of benzene rings is 1. The second kappa shape index (κ2) is 7.52. The average molecular weight is 289 g/mol. The number of hydrogen-bond acceptors (Lipinski definition) is 5. The number of anilines is 1. The normalized spacial score (nSPS) is 11.9. The largest absolute Gasteiger partial charge is 0.497 e. The first kappa shape index (κ1) is 16.0. The molecule has 0 amide bonds. The molecule has 0 saturated heterocycles. The zero-order valence-corrected chi connectivity index (χ0v) is 11.5.